The van der Waals surface area contributed by atoms with Crippen molar-refractivity contribution in [1.82, 2.24) is 10.3 Å². The Labute approximate surface area is 93.8 Å². The Morgan fingerprint density at radius 1 is 1.62 bits per heavy atom. The molecule has 2 heterocycles. The zero-order valence-corrected chi connectivity index (χ0v) is 9.10. The molecule has 16 heavy (non-hydrogen) atoms. The third-order valence-corrected chi connectivity index (χ3v) is 2.44. The zero-order chi connectivity index (χ0) is 11.4. The second-order valence-corrected chi connectivity index (χ2v) is 3.60. The normalized spacial score (nSPS) is 19.4. The number of esters is 1. The maximum Gasteiger partial charge on any atom is 0.356 e. The minimum Gasteiger partial charge on any atom is -0.489 e. The molecule has 5 nitrogen and oxygen atoms in total. The van der Waals surface area contributed by atoms with Crippen LogP contribution in [0.3, 0.4) is 0 Å². The summed E-state index contributed by atoms with van der Waals surface area (Å²) in [6, 6.07) is 3.34. The van der Waals surface area contributed by atoms with Gasteiger partial charge in [-0.25, -0.2) is 9.78 Å². The number of hydrogen-bond acceptors (Lipinski definition) is 5. The fourth-order valence-corrected chi connectivity index (χ4v) is 1.62. The van der Waals surface area contributed by atoms with Crippen LogP contribution >= 0.6 is 0 Å². The molecule has 1 aliphatic heterocycles. The van der Waals surface area contributed by atoms with Gasteiger partial charge in [0.05, 0.1) is 7.11 Å². The molecule has 1 saturated heterocycles. The first-order valence-electron chi connectivity index (χ1n) is 5.21. The van der Waals surface area contributed by atoms with E-state index in [-0.39, 0.29) is 11.8 Å². The number of nitrogens with zero attached hydrogens (tertiary/aromatic N) is 1. The van der Waals surface area contributed by atoms with Gasteiger partial charge in [-0.15, -0.1) is 0 Å². The Kier molecular flexibility index (Phi) is 3.36. The van der Waals surface area contributed by atoms with E-state index in [1.54, 1.807) is 18.3 Å². The number of methoxy groups -OCH3 is 1. The summed E-state index contributed by atoms with van der Waals surface area (Å²) in [6.45, 7) is 1.81. The lowest BCUT2D eigenvalue weighted by Crippen LogP contribution is -2.19. The van der Waals surface area contributed by atoms with E-state index in [2.05, 4.69) is 15.0 Å². The molecule has 0 aliphatic carbocycles. The molecule has 1 unspecified atom stereocenters. The van der Waals surface area contributed by atoms with Crippen molar-refractivity contribution in [3.05, 3.63) is 24.0 Å². The van der Waals surface area contributed by atoms with Crippen LogP contribution in [0.1, 0.15) is 16.9 Å². The van der Waals surface area contributed by atoms with Crippen LogP contribution < -0.4 is 10.1 Å². The number of carbonyl (C=O) groups excluding carboxylic acids is 1. The van der Waals surface area contributed by atoms with Crippen molar-refractivity contribution < 1.29 is 14.3 Å². The Hall–Kier alpha value is -1.62. The van der Waals surface area contributed by atoms with Gasteiger partial charge in [-0.3, -0.25) is 0 Å². The first kappa shape index (κ1) is 10.9. The molecule has 1 fully saturated rings. The fourth-order valence-electron chi connectivity index (χ4n) is 1.62. The third-order valence-electron chi connectivity index (χ3n) is 2.44. The molecule has 1 atom stereocenters. The van der Waals surface area contributed by atoms with Crippen LogP contribution in [0.25, 0.3) is 0 Å². The summed E-state index contributed by atoms with van der Waals surface area (Å²) in [6.07, 6.45) is 2.70. The topological polar surface area (TPSA) is 60.5 Å². The van der Waals surface area contributed by atoms with Crippen LogP contribution in [0.2, 0.25) is 0 Å². The average molecular weight is 222 g/mol. The highest BCUT2D eigenvalue weighted by atomic mass is 16.5. The number of nitrogens with one attached hydrogen (secondary N) is 1. The van der Waals surface area contributed by atoms with Gasteiger partial charge in [0.2, 0.25) is 0 Å². The van der Waals surface area contributed by atoms with Crippen LogP contribution in [-0.4, -0.2) is 37.3 Å². The van der Waals surface area contributed by atoms with Gasteiger partial charge in [0.15, 0.2) is 5.69 Å². The predicted octanol–water partition coefficient (Wildman–Crippen LogP) is 0.609. The quantitative estimate of drug-likeness (QED) is 0.759. The van der Waals surface area contributed by atoms with Gasteiger partial charge in [0.25, 0.3) is 0 Å². The summed E-state index contributed by atoms with van der Waals surface area (Å²) in [7, 11) is 1.33. The van der Waals surface area contributed by atoms with Gasteiger partial charge in [-0.1, -0.05) is 0 Å². The molecule has 0 amide bonds. The maximum atomic E-state index is 11.3. The van der Waals surface area contributed by atoms with E-state index in [4.69, 9.17) is 4.74 Å². The van der Waals surface area contributed by atoms with Crippen LogP contribution in [0.4, 0.5) is 0 Å². The molecule has 5 heteroatoms. The van der Waals surface area contributed by atoms with E-state index >= 15 is 0 Å². The largest absolute Gasteiger partial charge is 0.489 e. The van der Waals surface area contributed by atoms with Gasteiger partial charge >= 0.3 is 5.97 Å². The van der Waals surface area contributed by atoms with Crippen molar-refractivity contribution in [2.24, 2.45) is 0 Å². The highest BCUT2D eigenvalue weighted by Crippen LogP contribution is 2.15. The first-order valence-corrected chi connectivity index (χ1v) is 5.21. The summed E-state index contributed by atoms with van der Waals surface area (Å²) in [5.74, 6) is 0.207. The highest BCUT2D eigenvalue weighted by molar-refractivity contribution is 5.87. The molecule has 0 radical (unpaired) electrons. The SMILES string of the molecule is COC(=O)c1cc(OC2CCNC2)ccn1. The molecule has 0 aromatic carbocycles. The lowest BCUT2D eigenvalue weighted by Gasteiger charge is -2.12. The molecule has 0 bridgehead atoms. The van der Waals surface area contributed by atoms with Crippen LogP contribution in [0.15, 0.2) is 18.3 Å². The van der Waals surface area contributed by atoms with Crippen molar-refractivity contribution in [3.8, 4) is 5.75 Å². The Bertz CT molecular complexity index is 375. The van der Waals surface area contributed by atoms with Crippen LogP contribution in [-0.2, 0) is 4.74 Å². The van der Waals surface area contributed by atoms with Crippen molar-refractivity contribution in [2.75, 3.05) is 20.2 Å². The number of hydrogen-bond donors (Lipinski definition) is 1. The van der Waals surface area contributed by atoms with E-state index in [1.807, 2.05) is 0 Å². The third kappa shape index (κ3) is 2.49. The van der Waals surface area contributed by atoms with Gasteiger partial charge in [0, 0.05) is 18.8 Å². The summed E-state index contributed by atoms with van der Waals surface area (Å²) < 4.78 is 10.3. The summed E-state index contributed by atoms with van der Waals surface area (Å²) in [5.41, 5.74) is 0.269. The molecule has 1 aliphatic rings. The summed E-state index contributed by atoms with van der Waals surface area (Å²) >= 11 is 0. The van der Waals surface area contributed by atoms with E-state index in [1.165, 1.54) is 7.11 Å². The number of rotatable bonds is 3. The van der Waals surface area contributed by atoms with Gasteiger partial charge in [-0.05, 0) is 19.0 Å². The van der Waals surface area contributed by atoms with E-state index in [0.717, 1.165) is 19.5 Å². The van der Waals surface area contributed by atoms with Crippen molar-refractivity contribution in [1.29, 1.82) is 0 Å². The number of aromatic nitrogens is 1. The summed E-state index contributed by atoms with van der Waals surface area (Å²) in [4.78, 5) is 15.2. The van der Waals surface area contributed by atoms with E-state index in [0.29, 0.717) is 5.75 Å². The van der Waals surface area contributed by atoms with E-state index in [9.17, 15) is 4.79 Å². The second kappa shape index (κ2) is 4.94. The lowest BCUT2D eigenvalue weighted by atomic mass is 10.3. The number of pyridine rings is 1. The molecule has 1 aromatic heterocycles. The summed E-state index contributed by atoms with van der Waals surface area (Å²) in [5, 5.41) is 3.21. The van der Waals surface area contributed by atoms with Crippen molar-refractivity contribution in [2.45, 2.75) is 12.5 Å². The molecule has 2 rings (SSSR count). The molecule has 1 aromatic rings. The van der Waals surface area contributed by atoms with E-state index < -0.39 is 5.97 Å². The molecule has 86 valence electrons. The predicted molar refractivity (Wildman–Crippen MR) is 57.5 cm³/mol. The second-order valence-electron chi connectivity index (χ2n) is 3.60. The first-order chi connectivity index (χ1) is 7.79. The molecular weight excluding hydrogens is 208 g/mol. The molecular formula is C11H14N2O3. The Morgan fingerprint density at radius 2 is 2.50 bits per heavy atom. The van der Waals surface area contributed by atoms with Crippen molar-refractivity contribution >= 4 is 5.97 Å². The smallest absolute Gasteiger partial charge is 0.356 e. The molecule has 0 spiro atoms. The minimum atomic E-state index is -0.449. The maximum absolute atomic E-state index is 11.3. The van der Waals surface area contributed by atoms with Gasteiger partial charge in [0.1, 0.15) is 11.9 Å². The van der Waals surface area contributed by atoms with Gasteiger partial charge in [-0.2, -0.15) is 0 Å². The Morgan fingerprint density at radius 3 is 3.19 bits per heavy atom. The minimum absolute atomic E-state index is 0.174. The molecule has 0 saturated carbocycles. The van der Waals surface area contributed by atoms with Crippen molar-refractivity contribution in [3.63, 3.8) is 0 Å². The number of ether oxygens (including phenoxy) is 2. The van der Waals surface area contributed by atoms with Crippen LogP contribution in [0, 0.1) is 0 Å². The fraction of sp³-hybridized carbons (Fsp3) is 0.455. The monoisotopic (exact) mass is 222 g/mol. The Balaban J connectivity index is 2.06. The average Bonchev–Trinajstić information content (AvgIpc) is 2.81. The number of carbonyl (C=O) groups is 1. The molecule has 1 N–H and O–H groups in total. The highest BCUT2D eigenvalue weighted by Gasteiger charge is 2.16. The standard InChI is InChI=1S/C11H14N2O3/c1-15-11(14)10-6-8(3-5-13-10)16-9-2-4-12-7-9/h3,5-6,9,12H,2,4,7H2,1H3. The van der Waals surface area contributed by atoms with Gasteiger partial charge < -0.3 is 14.8 Å². The lowest BCUT2D eigenvalue weighted by molar-refractivity contribution is 0.0593. The van der Waals surface area contributed by atoms with Crippen LogP contribution in [0.5, 0.6) is 5.75 Å². The zero-order valence-electron chi connectivity index (χ0n) is 9.10.